The number of fused-ring (bicyclic) bond motifs is 3. The summed E-state index contributed by atoms with van der Waals surface area (Å²) in [6.07, 6.45) is 8.60. The summed E-state index contributed by atoms with van der Waals surface area (Å²) in [5.74, 6) is 0.965. The highest BCUT2D eigenvalue weighted by Crippen LogP contribution is 2.27. The first-order valence-corrected chi connectivity index (χ1v) is 7.99. The summed E-state index contributed by atoms with van der Waals surface area (Å²) in [6, 6.07) is 1.66. The van der Waals surface area contributed by atoms with Crippen LogP contribution < -0.4 is 5.32 Å². The normalized spacial score (nSPS) is 36.7. The summed E-state index contributed by atoms with van der Waals surface area (Å²) in [5, 5.41) is 3.82. The molecule has 0 aromatic carbocycles. The topological polar surface area (TPSA) is 18.5 Å². The van der Waals surface area contributed by atoms with E-state index in [9.17, 15) is 0 Å². The van der Waals surface area contributed by atoms with Crippen molar-refractivity contribution in [3.05, 3.63) is 0 Å². The third-order valence-electron chi connectivity index (χ3n) is 5.48. The van der Waals surface area contributed by atoms with E-state index in [-0.39, 0.29) is 0 Å². The van der Waals surface area contributed by atoms with Gasteiger partial charge in [-0.3, -0.25) is 0 Å². The molecule has 1 saturated carbocycles. The predicted octanol–water partition coefficient (Wildman–Crippen LogP) is 1.54. The second-order valence-corrected chi connectivity index (χ2v) is 6.62. The highest BCUT2D eigenvalue weighted by molar-refractivity contribution is 4.91. The fourth-order valence-corrected chi connectivity index (χ4v) is 4.15. The molecule has 0 radical (unpaired) electrons. The van der Waals surface area contributed by atoms with Crippen molar-refractivity contribution in [1.29, 1.82) is 0 Å². The molecule has 3 heterocycles. The minimum Gasteiger partial charge on any atom is -0.311 e. The maximum absolute atomic E-state index is 3.82. The molecule has 4 aliphatic rings. The number of nitrogens with one attached hydrogen (secondary N) is 1. The first-order valence-electron chi connectivity index (χ1n) is 7.99. The van der Waals surface area contributed by atoms with Gasteiger partial charge in [-0.25, -0.2) is 0 Å². The number of rotatable bonds is 5. The van der Waals surface area contributed by atoms with Gasteiger partial charge in [0.2, 0.25) is 0 Å². The second-order valence-electron chi connectivity index (χ2n) is 6.62. The van der Waals surface area contributed by atoms with Crippen molar-refractivity contribution in [2.24, 2.45) is 5.92 Å². The van der Waals surface area contributed by atoms with E-state index in [4.69, 9.17) is 0 Å². The number of piperidine rings is 3. The van der Waals surface area contributed by atoms with E-state index in [2.05, 4.69) is 22.2 Å². The van der Waals surface area contributed by atoms with Crippen LogP contribution in [0.3, 0.4) is 0 Å². The average molecular weight is 251 g/mol. The molecule has 0 aromatic rings. The average Bonchev–Trinajstić information content (AvgIpc) is 2.94. The lowest BCUT2D eigenvalue weighted by Crippen LogP contribution is -2.56. The molecule has 1 aliphatic carbocycles. The van der Waals surface area contributed by atoms with E-state index in [0.29, 0.717) is 0 Å². The summed E-state index contributed by atoms with van der Waals surface area (Å²) in [6.45, 7) is 6.42. The van der Waals surface area contributed by atoms with Crippen LogP contribution in [0.2, 0.25) is 0 Å². The molecular weight excluding hydrogens is 222 g/mol. The van der Waals surface area contributed by atoms with Crippen molar-refractivity contribution in [1.82, 2.24) is 15.1 Å². The van der Waals surface area contributed by atoms with Gasteiger partial charge in [0.1, 0.15) is 0 Å². The third kappa shape index (κ3) is 2.89. The monoisotopic (exact) mass is 251 g/mol. The van der Waals surface area contributed by atoms with Crippen molar-refractivity contribution in [2.75, 3.05) is 39.8 Å². The van der Waals surface area contributed by atoms with Crippen molar-refractivity contribution >= 4 is 0 Å². The molecule has 4 fully saturated rings. The van der Waals surface area contributed by atoms with E-state index < -0.39 is 0 Å². The molecule has 3 aliphatic heterocycles. The molecule has 0 amide bonds. The number of likely N-dealkylation sites (N-methyl/N-ethyl adjacent to an activating group) is 1. The first kappa shape index (κ1) is 12.9. The molecule has 3 nitrogen and oxygen atoms in total. The molecule has 2 bridgehead atoms. The summed E-state index contributed by atoms with van der Waals surface area (Å²) >= 11 is 0. The predicted molar refractivity (Wildman–Crippen MR) is 75.8 cm³/mol. The van der Waals surface area contributed by atoms with Gasteiger partial charge in [-0.1, -0.05) is 12.8 Å². The molecule has 1 atom stereocenters. The third-order valence-corrected chi connectivity index (χ3v) is 5.48. The van der Waals surface area contributed by atoms with Gasteiger partial charge >= 0.3 is 0 Å². The van der Waals surface area contributed by atoms with Gasteiger partial charge < -0.3 is 15.1 Å². The van der Waals surface area contributed by atoms with Crippen LogP contribution in [0, 0.1) is 5.92 Å². The Hall–Kier alpha value is -0.120. The summed E-state index contributed by atoms with van der Waals surface area (Å²) in [4.78, 5) is 5.22. The van der Waals surface area contributed by atoms with Crippen molar-refractivity contribution in [3.63, 3.8) is 0 Å². The Labute approximate surface area is 112 Å². The largest absolute Gasteiger partial charge is 0.311 e. The van der Waals surface area contributed by atoms with E-state index in [1.165, 1.54) is 71.2 Å². The van der Waals surface area contributed by atoms with Crippen LogP contribution in [0.1, 0.15) is 38.5 Å². The molecule has 1 N–H and O–H groups in total. The molecular formula is C15H29N3. The highest BCUT2D eigenvalue weighted by atomic mass is 15.2. The molecule has 18 heavy (non-hydrogen) atoms. The molecule has 0 aromatic heterocycles. The molecule has 1 unspecified atom stereocenters. The zero-order chi connectivity index (χ0) is 12.4. The van der Waals surface area contributed by atoms with Gasteiger partial charge in [0.25, 0.3) is 0 Å². The number of hydrogen-bond acceptors (Lipinski definition) is 3. The Morgan fingerprint density at radius 2 is 1.83 bits per heavy atom. The van der Waals surface area contributed by atoms with Gasteiger partial charge in [-0.2, -0.15) is 0 Å². The van der Waals surface area contributed by atoms with E-state index in [1.807, 2.05) is 0 Å². The summed E-state index contributed by atoms with van der Waals surface area (Å²) < 4.78 is 0. The lowest BCUT2D eigenvalue weighted by Gasteiger charge is -2.45. The Balaban J connectivity index is 1.36. The van der Waals surface area contributed by atoms with E-state index in [0.717, 1.165) is 18.0 Å². The van der Waals surface area contributed by atoms with Gasteiger partial charge in [0, 0.05) is 31.7 Å². The lowest BCUT2D eigenvalue weighted by molar-refractivity contribution is 0.0711. The van der Waals surface area contributed by atoms with Crippen molar-refractivity contribution in [2.45, 2.75) is 50.6 Å². The zero-order valence-corrected chi connectivity index (χ0v) is 11.9. The maximum atomic E-state index is 3.82. The Morgan fingerprint density at radius 3 is 2.44 bits per heavy atom. The second kappa shape index (κ2) is 5.89. The standard InChI is InChI=1S/C15H29N3/c1-17(14-4-2-3-5-14)11-8-16-15-12-18-9-6-13(15)7-10-18/h13-16H,2-12H2,1H3. The molecule has 3 heteroatoms. The maximum Gasteiger partial charge on any atom is 0.0224 e. The number of hydrogen-bond donors (Lipinski definition) is 1. The smallest absolute Gasteiger partial charge is 0.0224 e. The van der Waals surface area contributed by atoms with Crippen LogP contribution in [0.4, 0.5) is 0 Å². The fraction of sp³-hybridized carbons (Fsp3) is 1.00. The van der Waals surface area contributed by atoms with Gasteiger partial charge in [0.05, 0.1) is 0 Å². The first-order chi connectivity index (χ1) is 8.83. The van der Waals surface area contributed by atoms with Gasteiger partial charge in [-0.15, -0.1) is 0 Å². The van der Waals surface area contributed by atoms with Crippen LogP contribution in [0.25, 0.3) is 0 Å². The van der Waals surface area contributed by atoms with E-state index in [1.54, 1.807) is 0 Å². The minimum atomic E-state index is 0.782. The summed E-state index contributed by atoms with van der Waals surface area (Å²) in [5.41, 5.74) is 0. The lowest BCUT2D eigenvalue weighted by atomic mass is 9.84. The summed E-state index contributed by atoms with van der Waals surface area (Å²) in [7, 11) is 2.31. The quantitative estimate of drug-likeness (QED) is 0.800. The van der Waals surface area contributed by atoms with Crippen LogP contribution in [-0.4, -0.2) is 61.7 Å². The van der Waals surface area contributed by atoms with Crippen molar-refractivity contribution < 1.29 is 0 Å². The highest BCUT2D eigenvalue weighted by Gasteiger charge is 2.33. The molecule has 104 valence electrons. The van der Waals surface area contributed by atoms with Crippen LogP contribution in [0.5, 0.6) is 0 Å². The molecule has 0 spiro atoms. The number of nitrogens with zero attached hydrogens (tertiary/aromatic N) is 2. The Morgan fingerprint density at radius 1 is 1.11 bits per heavy atom. The molecule has 4 rings (SSSR count). The Kier molecular flexibility index (Phi) is 4.22. The van der Waals surface area contributed by atoms with Gasteiger partial charge in [-0.05, 0) is 51.7 Å². The van der Waals surface area contributed by atoms with Crippen LogP contribution >= 0.6 is 0 Å². The zero-order valence-electron chi connectivity index (χ0n) is 11.9. The van der Waals surface area contributed by atoms with E-state index >= 15 is 0 Å². The van der Waals surface area contributed by atoms with Crippen LogP contribution in [-0.2, 0) is 0 Å². The minimum absolute atomic E-state index is 0.782. The van der Waals surface area contributed by atoms with Gasteiger partial charge in [0.15, 0.2) is 0 Å². The van der Waals surface area contributed by atoms with Crippen LogP contribution in [0.15, 0.2) is 0 Å². The SMILES string of the molecule is CN(CCNC1CN2CCC1CC2)C1CCCC1. The van der Waals surface area contributed by atoms with Crippen molar-refractivity contribution in [3.8, 4) is 0 Å². The fourth-order valence-electron chi connectivity index (χ4n) is 4.15. The Bertz CT molecular complexity index is 254. The molecule has 3 saturated heterocycles.